The van der Waals surface area contributed by atoms with Crippen molar-refractivity contribution in [1.29, 1.82) is 0 Å². The zero-order chi connectivity index (χ0) is 13.9. The van der Waals surface area contributed by atoms with E-state index in [0.29, 0.717) is 10.7 Å². The molecule has 2 aromatic rings. The van der Waals surface area contributed by atoms with Crippen LogP contribution in [0.15, 0.2) is 29.6 Å². The zero-order valence-corrected chi connectivity index (χ0v) is 12.3. The molecule has 1 aliphatic rings. The Bertz CT molecular complexity index is 622. The fraction of sp³-hybridized carbons (Fsp3) is 0.286. The van der Waals surface area contributed by atoms with Crippen LogP contribution in [0, 0.1) is 0 Å². The van der Waals surface area contributed by atoms with Crippen molar-refractivity contribution >= 4 is 28.8 Å². The van der Waals surface area contributed by atoms with Crippen molar-refractivity contribution < 1.29 is 4.79 Å². The van der Waals surface area contributed by atoms with E-state index in [9.17, 15) is 4.79 Å². The summed E-state index contributed by atoms with van der Waals surface area (Å²) in [6, 6.07) is 7.69. The van der Waals surface area contributed by atoms with Gasteiger partial charge in [-0.05, 0) is 25.1 Å². The molecule has 0 radical (unpaired) electrons. The Hall–Kier alpha value is -1.43. The van der Waals surface area contributed by atoms with Crippen molar-refractivity contribution in [2.75, 3.05) is 13.1 Å². The third-order valence-electron chi connectivity index (χ3n) is 3.20. The molecule has 1 fully saturated rings. The summed E-state index contributed by atoms with van der Waals surface area (Å²) in [5.74, 6) is -0.108. The molecule has 1 unspecified atom stereocenters. The first kappa shape index (κ1) is 13.5. The second-order valence-corrected chi connectivity index (χ2v) is 6.01. The van der Waals surface area contributed by atoms with Crippen LogP contribution in [0.25, 0.3) is 10.6 Å². The van der Waals surface area contributed by atoms with Gasteiger partial charge in [0.25, 0.3) is 5.91 Å². The molecular weight excluding hydrogens is 294 g/mol. The number of carbonyl (C=O) groups excluding carboxylic acids is 1. The first-order valence-corrected chi connectivity index (χ1v) is 7.71. The molecule has 1 amide bonds. The van der Waals surface area contributed by atoms with Gasteiger partial charge in [0.1, 0.15) is 10.7 Å². The molecule has 1 aromatic heterocycles. The van der Waals surface area contributed by atoms with Gasteiger partial charge in [-0.2, -0.15) is 0 Å². The molecule has 1 aliphatic heterocycles. The van der Waals surface area contributed by atoms with E-state index >= 15 is 0 Å². The van der Waals surface area contributed by atoms with E-state index in [1.165, 1.54) is 11.3 Å². The van der Waals surface area contributed by atoms with E-state index in [0.717, 1.165) is 30.1 Å². The highest BCUT2D eigenvalue weighted by Gasteiger charge is 2.19. The summed E-state index contributed by atoms with van der Waals surface area (Å²) in [6.07, 6.45) is 0.969. The number of thiazole rings is 1. The van der Waals surface area contributed by atoms with Crippen LogP contribution in [0.1, 0.15) is 16.9 Å². The first-order chi connectivity index (χ1) is 9.72. The molecule has 1 saturated heterocycles. The maximum absolute atomic E-state index is 12.1. The van der Waals surface area contributed by atoms with Crippen LogP contribution < -0.4 is 10.6 Å². The maximum Gasteiger partial charge on any atom is 0.271 e. The summed E-state index contributed by atoms with van der Waals surface area (Å²) in [4.78, 5) is 16.5. The van der Waals surface area contributed by atoms with Crippen LogP contribution >= 0.6 is 22.9 Å². The van der Waals surface area contributed by atoms with Crippen LogP contribution in [0.4, 0.5) is 0 Å². The average Bonchev–Trinajstić information content (AvgIpc) is 3.09. The van der Waals surface area contributed by atoms with Gasteiger partial charge >= 0.3 is 0 Å². The molecule has 0 spiro atoms. The molecule has 1 aromatic carbocycles. The van der Waals surface area contributed by atoms with Gasteiger partial charge in [0.2, 0.25) is 0 Å². The van der Waals surface area contributed by atoms with Gasteiger partial charge in [0.15, 0.2) is 0 Å². The normalized spacial score (nSPS) is 18.1. The molecule has 2 N–H and O–H groups in total. The lowest BCUT2D eigenvalue weighted by atomic mass is 10.2. The number of rotatable bonds is 3. The van der Waals surface area contributed by atoms with Gasteiger partial charge < -0.3 is 10.6 Å². The lowest BCUT2D eigenvalue weighted by Crippen LogP contribution is -2.36. The molecule has 4 nitrogen and oxygen atoms in total. The van der Waals surface area contributed by atoms with Crippen LogP contribution in [0.5, 0.6) is 0 Å². The molecular formula is C14H14ClN3OS. The van der Waals surface area contributed by atoms with Gasteiger partial charge in [-0.3, -0.25) is 4.79 Å². The summed E-state index contributed by atoms with van der Waals surface area (Å²) < 4.78 is 0. The monoisotopic (exact) mass is 307 g/mol. The topological polar surface area (TPSA) is 54.0 Å². The van der Waals surface area contributed by atoms with Crippen molar-refractivity contribution in [2.24, 2.45) is 0 Å². The van der Waals surface area contributed by atoms with Gasteiger partial charge in [-0.1, -0.05) is 23.7 Å². The number of hydrogen-bond donors (Lipinski definition) is 2. The molecule has 3 rings (SSSR count). The molecule has 0 aliphatic carbocycles. The number of nitrogens with zero attached hydrogens (tertiary/aromatic N) is 1. The largest absolute Gasteiger partial charge is 0.347 e. The minimum atomic E-state index is -0.108. The molecule has 20 heavy (non-hydrogen) atoms. The Labute approximate surface area is 126 Å². The number of aromatic nitrogens is 1. The lowest BCUT2D eigenvalue weighted by molar-refractivity contribution is 0.0936. The van der Waals surface area contributed by atoms with Crippen molar-refractivity contribution in [2.45, 2.75) is 12.5 Å². The van der Waals surface area contributed by atoms with Crippen molar-refractivity contribution in [3.05, 3.63) is 40.4 Å². The highest BCUT2D eigenvalue weighted by atomic mass is 35.5. The fourth-order valence-electron chi connectivity index (χ4n) is 2.17. The third-order valence-corrected chi connectivity index (χ3v) is 4.33. The minimum absolute atomic E-state index is 0.108. The highest BCUT2D eigenvalue weighted by Crippen LogP contribution is 2.26. The van der Waals surface area contributed by atoms with E-state index in [4.69, 9.17) is 11.6 Å². The van der Waals surface area contributed by atoms with Crippen LogP contribution in [-0.2, 0) is 0 Å². The predicted molar refractivity (Wildman–Crippen MR) is 81.3 cm³/mol. The summed E-state index contributed by atoms with van der Waals surface area (Å²) in [5, 5.41) is 9.47. The summed E-state index contributed by atoms with van der Waals surface area (Å²) in [5.41, 5.74) is 1.40. The Kier molecular flexibility index (Phi) is 4.00. The molecule has 104 valence electrons. The highest BCUT2D eigenvalue weighted by molar-refractivity contribution is 7.13. The van der Waals surface area contributed by atoms with E-state index < -0.39 is 0 Å². The van der Waals surface area contributed by atoms with Gasteiger partial charge in [-0.25, -0.2) is 4.98 Å². The molecule has 0 saturated carbocycles. The Morgan fingerprint density at radius 2 is 2.40 bits per heavy atom. The Morgan fingerprint density at radius 1 is 1.50 bits per heavy atom. The van der Waals surface area contributed by atoms with E-state index in [2.05, 4.69) is 15.6 Å². The van der Waals surface area contributed by atoms with Crippen molar-refractivity contribution in [1.82, 2.24) is 15.6 Å². The Balaban J connectivity index is 1.74. The van der Waals surface area contributed by atoms with Gasteiger partial charge in [0, 0.05) is 28.6 Å². The number of hydrogen-bond acceptors (Lipinski definition) is 4. The third kappa shape index (κ3) is 3.00. The van der Waals surface area contributed by atoms with Crippen LogP contribution in [-0.4, -0.2) is 30.0 Å². The average molecular weight is 308 g/mol. The Morgan fingerprint density at radius 3 is 3.15 bits per heavy atom. The second kappa shape index (κ2) is 5.91. The summed E-state index contributed by atoms with van der Waals surface area (Å²) >= 11 is 7.42. The maximum atomic E-state index is 12.1. The predicted octanol–water partition coefficient (Wildman–Crippen LogP) is 2.56. The number of halogens is 1. The van der Waals surface area contributed by atoms with E-state index in [1.54, 1.807) is 5.38 Å². The molecule has 0 bridgehead atoms. The zero-order valence-electron chi connectivity index (χ0n) is 10.7. The molecule has 1 atom stereocenters. The van der Waals surface area contributed by atoms with Gasteiger partial charge in [-0.15, -0.1) is 11.3 Å². The molecule has 2 heterocycles. The van der Waals surface area contributed by atoms with Crippen LogP contribution in [0.2, 0.25) is 5.02 Å². The van der Waals surface area contributed by atoms with E-state index in [1.807, 2.05) is 24.3 Å². The van der Waals surface area contributed by atoms with Gasteiger partial charge in [0.05, 0.1) is 0 Å². The number of amides is 1. The van der Waals surface area contributed by atoms with Crippen LogP contribution in [0.3, 0.4) is 0 Å². The number of nitrogens with one attached hydrogen (secondary N) is 2. The summed E-state index contributed by atoms with van der Waals surface area (Å²) in [7, 11) is 0. The summed E-state index contributed by atoms with van der Waals surface area (Å²) in [6.45, 7) is 1.78. The quantitative estimate of drug-likeness (QED) is 0.916. The first-order valence-electron chi connectivity index (χ1n) is 6.45. The smallest absolute Gasteiger partial charge is 0.271 e. The minimum Gasteiger partial charge on any atom is -0.347 e. The van der Waals surface area contributed by atoms with Crippen molar-refractivity contribution in [3.63, 3.8) is 0 Å². The number of benzene rings is 1. The second-order valence-electron chi connectivity index (χ2n) is 4.71. The lowest BCUT2D eigenvalue weighted by Gasteiger charge is -2.09. The van der Waals surface area contributed by atoms with E-state index in [-0.39, 0.29) is 11.9 Å². The fourth-order valence-corrected chi connectivity index (χ4v) is 3.16. The standard InChI is InChI=1S/C14H14ClN3OS/c15-10-3-1-2-9(6-10)14-18-12(8-20-14)13(19)17-11-4-5-16-7-11/h1-3,6,8,11,16H,4-5,7H2,(H,17,19). The number of carbonyl (C=O) groups is 1. The van der Waals surface area contributed by atoms with Crippen molar-refractivity contribution in [3.8, 4) is 10.6 Å². The molecule has 6 heteroatoms. The SMILES string of the molecule is O=C(NC1CCNC1)c1csc(-c2cccc(Cl)c2)n1.